The van der Waals surface area contributed by atoms with Gasteiger partial charge in [-0.1, -0.05) is 0 Å². The van der Waals surface area contributed by atoms with Crippen molar-refractivity contribution >= 4 is 12.6 Å². The fraction of sp³-hybridized carbons (Fsp3) is 0.667. The molecule has 0 heterocycles. The third-order valence-corrected chi connectivity index (χ3v) is 1.13. The minimum Gasteiger partial charge on any atom is -0.311 e. The summed E-state index contributed by atoms with van der Waals surface area (Å²) in [6, 6.07) is -0.157. The Morgan fingerprint density at radius 1 is 1.56 bits per heavy atom. The zero-order chi connectivity index (χ0) is 7.11. The summed E-state index contributed by atoms with van der Waals surface area (Å²) in [6.07, 6.45) is 2.67. The molecule has 3 heteroatoms. The van der Waals surface area contributed by atoms with E-state index in [1.165, 1.54) is 0 Å². The summed E-state index contributed by atoms with van der Waals surface area (Å²) in [6.45, 7) is 0. The van der Waals surface area contributed by atoms with Crippen LogP contribution in [0.3, 0.4) is 0 Å². The molecule has 0 spiro atoms. The SMILES string of the molecule is CNC(C=O)CCC=O. The standard InChI is InChI=1S/C6H11NO2/c1-7-6(5-9)3-2-4-8/h4-7H,2-3H2,1H3. The molecular formula is C6H11NO2. The molecule has 0 amide bonds. The Morgan fingerprint density at radius 2 is 2.22 bits per heavy atom. The number of hydrogen-bond donors (Lipinski definition) is 1. The molecule has 0 aromatic rings. The summed E-state index contributed by atoms with van der Waals surface area (Å²) in [5, 5.41) is 2.76. The lowest BCUT2D eigenvalue weighted by molar-refractivity contribution is -0.110. The van der Waals surface area contributed by atoms with E-state index in [1.54, 1.807) is 7.05 Å². The number of aldehydes is 2. The van der Waals surface area contributed by atoms with E-state index >= 15 is 0 Å². The molecule has 0 aliphatic carbocycles. The van der Waals surface area contributed by atoms with Crippen molar-refractivity contribution in [2.75, 3.05) is 7.05 Å². The van der Waals surface area contributed by atoms with E-state index in [0.29, 0.717) is 12.8 Å². The molecule has 9 heavy (non-hydrogen) atoms. The number of nitrogens with one attached hydrogen (secondary N) is 1. The van der Waals surface area contributed by atoms with Crippen LogP contribution in [0.5, 0.6) is 0 Å². The first-order valence-electron chi connectivity index (χ1n) is 2.91. The zero-order valence-electron chi connectivity index (χ0n) is 5.46. The van der Waals surface area contributed by atoms with Crippen LogP contribution in [0.4, 0.5) is 0 Å². The molecule has 1 unspecified atom stereocenters. The van der Waals surface area contributed by atoms with Gasteiger partial charge in [0, 0.05) is 6.42 Å². The summed E-state index contributed by atoms with van der Waals surface area (Å²) in [7, 11) is 1.70. The predicted octanol–water partition coefficient (Wildman–Crippen LogP) is -0.248. The van der Waals surface area contributed by atoms with Crippen molar-refractivity contribution < 1.29 is 9.59 Å². The molecular weight excluding hydrogens is 118 g/mol. The van der Waals surface area contributed by atoms with Gasteiger partial charge >= 0.3 is 0 Å². The summed E-state index contributed by atoms with van der Waals surface area (Å²) in [5.74, 6) is 0. The molecule has 1 N–H and O–H groups in total. The summed E-state index contributed by atoms with van der Waals surface area (Å²) < 4.78 is 0. The van der Waals surface area contributed by atoms with E-state index in [1.807, 2.05) is 0 Å². The smallest absolute Gasteiger partial charge is 0.136 e. The molecule has 0 bridgehead atoms. The highest BCUT2D eigenvalue weighted by molar-refractivity contribution is 5.59. The van der Waals surface area contributed by atoms with Crippen LogP contribution in [0.2, 0.25) is 0 Å². The molecule has 1 atom stereocenters. The van der Waals surface area contributed by atoms with Gasteiger partial charge in [-0.3, -0.25) is 0 Å². The Kier molecular flexibility index (Phi) is 5.01. The largest absolute Gasteiger partial charge is 0.311 e. The van der Waals surface area contributed by atoms with Crippen molar-refractivity contribution in [1.82, 2.24) is 5.32 Å². The Labute approximate surface area is 54.4 Å². The van der Waals surface area contributed by atoms with Gasteiger partial charge in [-0.25, -0.2) is 0 Å². The lowest BCUT2D eigenvalue weighted by Crippen LogP contribution is -2.26. The highest BCUT2D eigenvalue weighted by Crippen LogP contribution is 1.89. The summed E-state index contributed by atoms with van der Waals surface area (Å²) >= 11 is 0. The first kappa shape index (κ1) is 8.30. The van der Waals surface area contributed by atoms with Gasteiger partial charge in [0.25, 0.3) is 0 Å². The second-order valence-corrected chi connectivity index (χ2v) is 1.78. The van der Waals surface area contributed by atoms with Crippen LogP contribution in [-0.2, 0) is 9.59 Å². The third kappa shape index (κ3) is 3.85. The molecule has 0 radical (unpaired) electrons. The Morgan fingerprint density at radius 3 is 2.56 bits per heavy atom. The van der Waals surface area contributed by atoms with Gasteiger partial charge in [0.2, 0.25) is 0 Å². The molecule has 0 aromatic carbocycles. The minimum atomic E-state index is -0.157. The topological polar surface area (TPSA) is 46.2 Å². The van der Waals surface area contributed by atoms with E-state index in [0.717, 1.165) is 12.6 Å². The van der Waals surface area contributed by atoms with Gasteiger partial charge in [-0.15, -0.1) is 0 Å². The fourth-order valence-corrected chi connectivity index (χ4v) is 0.528. The molecule has 0 saturated heterocycles. The van der Waals surface area contributed by atoms with Crippen LogP contribution in [0.1, 0.15) is 12.8 Å². The maximum absolute atomic E-state index is 10.1. The van der Waals surface area contributed by atoms with Crippen LogP contribution < -0.4 is 5.32 Å². The van der Waals surface area contributed by atoms with Crippen molar-refractivity contribution in [3.63, 3.8) is 0 Å². The first-order valence-corrected chi connectivity index (χ1v) is 2.91. The Bertz CT molecular complexity index is 93.1. The van der Waals surface area contributed by atoms with E-state index < -0.39 is 0 Å². The minimum absolute atomic E-state index is 0.157. The normalized spacial score (nSPS) is 12.6. The fourth-order valence-electron chi connectivity index (χ4n) is 0.528. The molecule has 52 valence electrons. The van der Waals surface area contributed by atoms with Crippen molar-refractivity contribution in [1.29, 1.82) is 0 Å². The Hall–Kier alpha value is -0.700. The van der Waals surface area contributed by atoms with E-state index in [9.17, 15) is 9.59 Å². The van der Waals surface area contributed by atoms with Gasteiger partial charge in [-0.2, -0.15) is 0 Å². The predicted molar refractivity (Wildman–Crippen MR) is 34.2 cm³/mol. The first-order chi connectivity index (χ1) is 4.35. The van der Waals surface area contributed by atoms with E-state index in [4.69, 9.17) is 0 Å². The second kappa shape index (κ2) is 5.44. The molecule has 0 fully saturated rings. The van der Waals surface area contributed by atoms with Gasteiger partial charge in [-0.05, 0) is 13.5 Å². The summed E-state index contributed by atoms with van der Waals surface area (Å²) in [4.78, 5) is 19.9. The quantitative estimate of drug-likeness (QED) is 0.521. The van der Waals surface area contributed by atoms with Crippen LogP contribution in [0, 0.1) is 0 Å². The number of likely N-dealkylation sites (N-methyl/N-ethyl adjacent to an activating group) is 1. The average molecular weight is 129 g/mol. The van der Waals surface area contributed by atoms with Crippen LogP contribution in [-0.4, -0.2) is 25.7 Å². The van der Waals surface area contributed by atoms with Crippen LogP contribution in [0.25, 0.3) is 0 Å². The highest BCUT2D eigenvalue weighted by atomic mass is 16.1. The van der Waals surface area contributed by atoms with E-state index in [2.05, 4.69) is 5.32 Å². The van der Waals surface area contributed by atoms with Gasteiger partial charge in [0.15, 0.2) is 0 Å². The zero-order valence-corrected chi connectivity index (χ0v) is 5.46. The summed E-state index contributed by atoms with van der Waals surface area (Å²) in [5.41, 5.74) is 0. The van der Waals surface area contributed by atoms with Crippen molar-refractivity contribution in [3.8, 4) is 0 Å². The maximum atomic E-state index is 10.1. The van der Waals surface area contributed by atoms with Gasteiger partial charge in [0.1, 0.15) is 12.6 Å². The third-order valence-electron chi connectivity index (χ3n) is 1.13. The highest BCUT2D eigenvalue weighted by Gasteiger charge is 2.00. The van der Waals surface area contributed by atoms with Crippen LogP contribution in [0.15, 0.2) is 0 Å². The van der Waals surface area contributed by atoms with Crippen LogP contribution >= 0.6 is 0 Å². The average Bonchev–Trinajstić information content (AvgIpc) is 1.91. The molecule has 0 aromatic heterocycles. The lowest BCUT2D eigenvalue weighted by Gasteiger charge is -2.03. The van der Waals surface area contributed by atoms with Crippen molar-refractivity contribution in [3.05, 3.63) is 0 Å². The molecule has 0 rings (SSSR count). The lowest BCUT2D eigenvalue weighted by atomic mass is 10.2. The van der Waals surface area contributed by atoms with Crippen molar-refractivity contribution in [2.45, 2.75) is 18.9 Å². The van der Waals surface area contributed by atoms with Crippen molar-refractivity contribution in [2.24, 2.45) is 0 Å². The second-order valence-electron chi connectivity index (χ2n) is 1.78. The molecule has 3 nitrogen and oxygen atoms in total. The number of rotatable bonds is 5. The van der Waals surface area contributed by atoms with E-state index in [-0.39, 0.29) is 6.04 Å². The maximum Gasteiger partial charge on any atom is 0.136 e. The monoisotopic (exact) mass is 129 g/mol. The number of hydrogen-bond acceptors (Lipinski definition) is 3. The molecule has 0 aliphatic heterocycles. The molecule has 0 saturated carbocycles. The molecule has 0 aliphatic rings. The van der Waals surface area contributed by atoms with Gasteiger partial charge < -0.3 is 14.9 Å². The number of carbonyl (C=O) groups excluding carboxylic acids is 2. The Balaban J connectivity index is 3.30. The number of carbonyl (C=O) groups is 2. The van der Waals surface area contributed by atoms with Gasteiger partial charge in [0.05, 0.1) is 6.04 Å².